The molecule has 2 heterocycles. The van der Waals surface area contributed by atoms with Crippen molar-refractivity contribution in [3.63, 3.8) is 0 Å². The quantitative estimate of drug-likeness (QED) is 0.784. The van der Waals surface area contributed by atoms with Crippen LogP contribution in [0.15, 0.2) is 12.4 Å². The largest absolute Gasteiger partial charge is 0.452 e. The molecule has 1 saturated heterocycles. The monoisotopic (exact) mass is 279 g/mol. The van der Waals surface area contributed by atoms with E-state index < -0.39 is 5.97 Å². The Balaban J connectivity index is 1.90. The van der Waals surface area contributed by atoms with E-state index in [0.29, 0.717) is 5.56 Å². The molecular formula is C14H21N3O3. The van der Waals surface area contributed by atoms with E-state index in [9.17, 15) is 9.59 Å². The van der Waals surface area contributed by atoms with Crippen LogP contribution in [0.25, 0.3) is 0 Å². The van der Waals surface area contributed by atoms with Gasteiger partial charge in [0.05, 0.1) is 11.8 Å². The number of hydrogen-bond acceptors (Lipinski definition) is 4. The molecule has 2 unspecified atom stereocenters. The molecule has 110 valence electrons. The number of carbonyl (C=O) groups excluding carboxylic acids is 2. The molecule has 1 aromatic heterocycles. The van der Waals surface area contributed by atoms with Gasteiger partial charge in [-0.05, 0) is 33.1 Å². The van der Waals surface area contributed by atoms with Gasteiger partial charge in [0, 0.05) is 25.3 Å². The topological polar surface area (TPSA) is 64.4 Å². The maximum Gasteiger partial charge on any atom is 0.341 e. The molecule has 1 amide bonds. The third-order valence-corrected chi connectivity index (χ3v) is 3.75. The van der Waals surface area contributed by atoms with Crippen LogP contribution in [0.5, 0.6) is 0 Å². The van der Waals surface area contributed by atoms with Gasteiger partial charge < -0.3 is 9.64 Å². The van der Waals surface area contributed by atoms with Gasteiger partial charge in [-0.25, -0.2) is 4.79 Å². The number of ether oxygens (including phenoxy) is 1. The Morgan fingerprint density at radius 3 is 2.55 bits per heavy atom. The summed E-state index contributed by atoms with van der Waals surface area (Å²) >= 11 is 0. The number of nitrogens with zero attached hydrogens (tertiary/aromatic N) is 3. The maximum absolute atomic E-state index is 12.2. The molecule has 20 heavy (non-hydrogen) atoms. The van der Waals surface area contributed by atoms with Gasteiger partial charge in [0.15, 0.2) is 6.61 Å². The molecule has 1 aromatic rings. The molecule has 0 radical (unpaired) electrons. The van der Waals surface area contributed by atoms with Gasteiger partial charge in [0.2, 0.25) is 0 Å². The molecule has 1 fully saturated rings. The van der Waals surface area contributed by atoms with E-state index in [2.05, 4.69) is 5.10 Å². The predicted molar refractivity (Wildman–Crippen MR) is 73.1 cm³/mol. The number of aryl methyl sites for hydroxylation is 1. The summed E-state index contributed by atoms with van der Waals surface area (Å²) < 4.78 is 6.59. The number of amides is 1. The first-order chi connectivity index (χ1) is 9.49. The summed E-state index contributed by atoms with van der Waals surface area (Å²) in [6.07, 6.45) is 6.15. The van der Waals surface area contributed by atoms with Crippen molar-refractivity contribution >= 4 is 11.9 Å². The Kier molecular flexibility index (Phi) is 4.42. The highest BCUT2D eigenvalue weighted by Crippen LogP contribution is 2.22. The molecular weight excluding hydrogens is 258 g/mol. The van der Waals surface area contributed by atoms with Crippen LogP contribution in [0.2, 0.25) is 0 Å². The van der Waals surface area contributed by atoms with Gasteiger partial charge in [0.25, 0.3) is 5.91 Å². The number of aromatic nitrogens is 2. The summed E-state index contributed by atoms with van der Waals surface area (Å²) in [5.74, 6) is -0.634. The fourth-order valence-electron chi connectivity index (χ4n) is 2.72. The average molecular weight is 279 g/mol. The standard InChI is InChI=1S/C14H21N3O3/c1-10-5-4-6-11(2)17(10)13(18)9-20-14(19)12-7-15-16(3)8-12/h7-8,10-11H,4-6,9H2,1-3H3. The van der Waals surface area contributed by atoms with Crippen molar-refractivity contribution in [2.75, 3.05) is 6.61 Å². The highest BCUT2D eigenvalue weighted by atomic mass is 16.5. The summed E-state index contributed by atoms with van der Waals surface area (Å²) in [6.45, 7) is 3.87. The number of hydrogen-bond donors (Lipinski definition) is 0. The van der Waals surface area contributed by atoms with Crippen molar-refractivity contribution in [1.82, 2.24) is 14.7 Å². The maximum atomic E-state index is 12.2. The lowest BCUT2D eigenvalue weighted by molar-refractivity contribution is -0.140. The second-order valence-corrected chi connectivity index (χ2v) is 5.41. The summed E-state index contributed by atoms with van der Waals surface area (Å²) in [5.41, 5.74) is 0.361. The molecule has 6 heteroatoms. The SMILES string of the molecule is CC1CCCC(C)N1C(=O)COC(=O)c1cnn(C)c1. The third-order valence-electron chi connectivity index (χ3n) is 3.75. The van der Waals surface area contributed by atoms with Crippen molar-refractivity contribution in [2.45, 2.75) is 45.2 Å². The first-order valence-electron chi connectivity index (χ1n) is 6.96. The Morgan fingerprint density at radius 2 is 2.00 bits per heavy atom. The molecule has 1 aliphatic rings. The fraction of sp³-hybridized carbons (Fsp3) is 0.643. The smallest absolute Gasteiger partial charge is 0.341 e. The molecule has 0 aromatic carbocycles. The summed E-state index contributed by atoms with van der Waals surface area (Å²) in [7, 11) is 1.72. The molecule has 6 nitrogen and oxygen atoms in total. The second-order valence-electron chi connectivity index (χ2n) is 5.41. The van der Waals surface area contributed by atoms with E-state index in [4.69, 9.17) is 4.74 Å². The molecule has 2 atom stereocenters. The number of piperidine rings is 1. The first-order valence-corrected chi connectivity index (χ1v) is 6.96. The van der Waals surface area contributed by atoms with Crippen molar-refractivity contribution in [3.8, 4) is 0 Å². The van der Waals surface area contributed by atoms with Crippen LogP contribution in [0.4, 0.5) is 0 Å². The first kappa shape index (κ1) is 14.6. The second kappa shape index (κ2) is 6.07. The minimum atomic E-state index is -0.510. The molecule has 0 N–H and O–H groups in total. The van der Waals surface area contributed by atoms with E-state index in [1.165, 1.54) is 10.9 Å². The zero-order valence-corrected chi connectivity index (χ0v) is 12.2. The van der Waals surface area contributed by atoms with E-state index in [0.717, 1.165) is 19.3 Å². The predicted octanol–water partition coefficient (Wildman–Crippen LogP) is 1.37. The van der Waals surface area contributed by atoms with Crippen LogP contribution in [-0.4, -0.2) is 45.2 Å². The number of likely N-dealkylation sites (tertiary alicyclic amines) is 1. The van der Waals surface area contributed by atoms with E-state index in [1.54, 1.807) is 13.2 Å². The van der Waals surface area contributed by atoms with Gasteiger partial charge in [0.1, 0.15) is 0 Å². The van der Waals surface area contributed by atoms with Crippen LogP contribution >= 0.6 is 0 Å². The Morgan fingerprint density at radius 1 is 1.35 bits per heavy atom. The van der Waals surface area contributed by atoms with Crippen LogP contribution in [0.1, 0.15) is 43.5 Å². The molecule has 1 aliphatic heterocycles. The van der Waals surface area contributed by atoms with E-state index in [-0.39, 0.29) is 24.6 Å². The van der Waals surface area contributed by atoms with Crippen LogP contribution in [0, 0.1) is 0 Å². The molecule has 0 saturated carbocycles. The zero-order valence-electron chi connectivity index (χ0n) is 12.2. The lowest BCUT2D eigenvalue weighted by atomic mass is 9.97. The minimum Gasteiger partial charge on any atom is -0.452 e. The fourth-order valence-corrected chi connectivity index (χ4v) is 2.72. The highest BCUT2D eigenvalue weighted by Gasteiger charge is 2.29. The molecule has 2 rings (SSSR count). The van der Waals surface area contributed by atoms with Gasteiger partial charge in [-0.15, -0.1) is 0 Å². The highest BCUT2D eigenvalue weighted by molar-refractivity contribution is 5.90. The summed E-state index contributed by atoms with van der Waals surface area (Å²) in [5, 5.41) is 3.90. The Hall–Kier alpha value is -1.85. The van der Waals surface area contributed by atoms with Crippen molar-refractivity contribution in [1.29, 1.82) is 0 Å². The lowest BCUT2D eigenvalue weighted by Crippen LogP contribution is -2.49. The number of esters is 1. The minimum absolute atomic E-state index is 0.123. The van der Waals surface area contributed by atoms with E-state index >= 15 is 0 Å². The van der Waals surface area contributed by atoms with Crippen molar-refractivity contribution in [2.24, 2.45) is 7.05 Å². The number of carbonyl (C=O) groups is 2. The van der Waals surface area contributed by atoms with Crippen molar-refractivity contribution in [3.05, 3.63) is 18.0 Å². The van der Waals surface area contributed by atoms with Crippen LogP contribution < -0.4 is 0 Å². The average Bonchev–Trinajstić information content (AvgIpc) is 2.82. The zero-order chi connectivity index (χ0) is 14.7. The molecule has 0 spiro atoms. The van der Waals surface area contributed by atoms with Crippen molar-refractivity contribution < 1.29 is 14.3 Å². The van der Waals surface area contributed by atoms with Gasteiger partial charge in [-0.1, -0.05) is 0 Å². The van der Waals surface area contributed by atoms with E-state index in [1.807, 2.05) is 18.7 Å². The Labute approximate surface area is 118 Å². The van der Waals surface area contributed by atoms with Gasteiger partial charge in [-0.3, -0.25) is 9.48 Å². The third kappa shape index (κ3) is 3.18. The van der Waals surface area contributed by atoms with Crippen LogP contribution in [0.3, 0.4) is 0 Å². The normalized spacial score (nSPS) is 22.6. The molecule has 0 aliphatic carbocycles. The van der Waals surface area contributed by atoms with Crippen LogP contribution in [-0.2, 0) is 16.6 Å². The summed E-state index contributed by atoms with van der Waals surface area (Å²) in [4.78, 5) is 25.8. The lowest BCUT2D eigenvalue weighted by Gasteiger charge is -2.38. The van der Waals surface area contributed by atoms with Gasteiger partial charge in [-0.2, -0.15) is 5.10 Å². The van der Waals surface area contributed by atoms with Gasteiger partial charge >= 0.3 is 5.97 Å². The Bertz CT molecular complexity index is 488. The summed E-state index contributed by atoms with van der Waals surface area (Å²) in [6, 6.07) is 0.423. The molecule has 0 bridgehead atoms. The number of rotatable bonds is 3.